The standard InChI is InChI=1S/C17H28N2O4/c1-5-19(12-17(21)18(3)4)11-14(20)13-23-16-9-7-15(8-10-16)22-6-2/h7-10,14,20H,5-6,11-13H2,1-4H3/t14-/m1/s1. The normalized spacial score (nSPS) is 12.1. The molecule has 6 heteroatoms. The summed E-state index contributed by atoms with van der Waals surface area (Å²) in [4.78, 5) is 15.2. The van der Waals surface area contributed by atoms with E-state index in [9.17, 15) is 9.90 Å². The van der Waals surface area contributed by atoms with Crippen LogP contribution in [0, 0.1) is 0 Å². The van der Waals surface area contributed by atoms with Crippen LogP contribution in [0.15, 0.2) is 24.3 Å². The molecule has 0 radical (unpaired) electrons. The average molecular weight is 324 g/mol. The number of aliphatic hydroxyl groups is 1. The summed E-state index contributed by atoms with van der Waals surface area (Å²) in [5.41, 5.74) is 0. The van der Waals surface area contributed by atoms with Gasteiger partial charge in [-0.05, 0) is 37.7 Å². The molecule has 0 saturated carbocycles. The highest BCUT2D eigenvalue weighted by molar-refractivity contribution is 5.77. The SMILES string of the molecule is CCOc1ccc(OC[C@H](O)CN(CC)CC(=O)N(C)C)cc1. The lowest BCUT2D eigenvalue weighted by molar-refractivity contribution is -0.130. The molecule has 1 atom stereocenters. The van der Waals surface area contributed by atoms with Crippen molar-refractivity contribution >= 4 is 5.91 Å². The molecule has 0 aromatic heterocycles. The number of hydrogen-bond donors (Lipinski definition) is 1. The van der Waals surface area contributed by atoms with E-state index in [4.69, 9.17) is 9.47 Å². The van der Waals surface area contributed by atoms with E-state index >= 15 is 0 Å². The van der Waals surface area contributed by atoms with Crippen LogP contribution in [-0.2, 0) is 4.79 Å². The van der Waals surface area contributed by atoms with Gasteiger partial charge in [-0.2, -0.15) is 0 Å². The molecule has 6 nitrogen and oxygen atoms in total. The van der Waals surface area contributed by atoms with E-state index in [2.05, 4.69) is 0 Å². The highest BCUT2D eigenvalue weighted by atomic mass is 16.5. The zero-order valence-corrected chi connectivity index (χ0v) is 14.5. The van der Waals surface area contributed by atoms with Gasteiger partial charge >= 0.3 is 0 Å². The van der Waals surface area contributed by atoms with Crippen molar-refractivity contribution < 1.29 is 19.4 Å². The Morgan fingerprint density at radius 1 is 1.13 bits per heavy atom. The fourth-order valence-electron chi connectivity index (χ4n) is 1.98. The van der Waals surface area contributed by atoms with E-state index in [0.29, 0.717) is 32.0 Å². The first-order valence-corrected chi connectivity index (χ1v) is 7.92. The van der Waals surface area contributed by atoms with Gasteiger partial charge in [0.05, 0.1) is 13.2 Å². The molecule has 1 rings (SSSR count). The number of benzene rings is 1. The Hall–Kier alpha value is -1.79. The van der Waals surface area contributed by atoms with E-state index in [-0.39, 0.29) is 12.5 Å². The molecule has 0 unspecified atom stereocenters. The van der Waals surface area contributed by atoms with Crippen LogP contribution in [0.2, 0.25) is 0 Å². The molecule has 0 aliphatic carbocycles. The summed E-state index contributed by atoms with van der Waals surface area (Å²) in [6.07, 6.45) is -0.656. The zero-order chi connectivity index (χ0) is 17.2. The zero-order valence-electron chi connectivity index (χ0n) is 14.5. The molecule has 0 bridgehead atoms. The third-order valence-electron chi connectivity index (χ3n) is 3.35. The molecular formula is C17H28N2O4. The van der Waals surface area contributed by atoms with E-state index < -0.39 is 6.10 Å². The van der Waals surface area contributed by atoms with Gasteiger partial charge in [-0.1, -0.05) is 6.92 Å². The predicted octanol–water partition coefficient (Wildman–Crippen LogP) is 1.24. The Labute approximate surface area is 138 Å². The molecular weight excluding hydrogens is 296 g/mol. The monoisotopic (exact) mass is 324 g/mol. The summed E-state index contributed by atoms with van der Waals surface area (Å²) in [6, 6.07) is 7.29. The van der Waals surface area contributed by atoms with Gasteiger partial charge in [-0.3, -0.25) is 9.69 Å². The summed E-state index contributed by atoms with van der Waals surface area (Å²) >= 11 is 0. The van der Waals surface area contributed by atoms with E-state index in [1.165, 1.54) is 0 Å². The van der Waals surface area contributed by atoms with Crippen LogP contribution < -0.4 is 9.47 Å². The van der Waals surface area contributed by atoms with Crippen molar-refractivity contribution in [2.75, 3.05) is 46.9 Å². The second-order valence-corrected chi connectivity index (χ2v) is 5.49. The van der Waals surface area contributed by atoms with E-state index in [0.717, 1.165) is 5.75 Å². The van der Waals surface area contributed by atoms with Crippen molar-refractivity contribution in [3.8, 4) is 11.5 Å². The first-order valence-electron chi connectivity index (χ1n) is 7.92. The van der Waals surface area contributed by atoms with Gasteiger partial charge in [-0.15, -0.1) is 0 Å². The molecule has 130 valence electrons. The lowest BCUT2D eigenvalue weighted by Gasteiger charge is -2.24. The number of hydrogen-bond acceptors (Lipinski definition) is 5. The van der Waals surface area contributed by atoms with Gasteiger partial charge in [0.1, 0.15) is 24.2 Å². The minimum absolute atomic E-state index is 0.0199. The van der Waals surface area contributed by atoms with Gasteiger partial charge in [-0.25, -0.2) is 0 Å². The molecule has 0 aliphatic rings. The number of likely N-dealkylation sites (N-methyl/N-ethyl adjacent to an activating group) is 2. The van der Waals surface area contributed by atoms with E-state index in [1.54, 1.807) is 19.0 Å². The first-order chi connectivity index (χ1) is 11.0. The molecule has 1 amide bonds. The van der Waals surface area contributed by atoms with Gasteiger partial charge < -0.3 is 19.5 Å². The molecule has 0 spiro atoms. The van der Waals surface area contributed by atoms with Crippen molar-refractivity contribution in [1.29, 1.82) is 0 Å². The quantitative estimate of drug-likeness (QED) is 0.701. The lowest BCUT2D eigenvalue weighted by atomic mass is 10.3. The number of amides is 1. The summed E-state index contributed by atoms with van der Waals surface area (Å²) < 4.78 is 10.9. The Balaban J connectivity index is 2.39. The Kier molecular flexibility index (Phi) is 8.43. The van der Waals surface area contributed by atoms with Crippen LogP contribution in [0.25, 0.3) is 0 Å². The van der Waals surface area contributed by atoms with Crippen LogP contribution in [0.5, 0.6) is 11.5 Å². The van der Waals surface area contributed by atoms with Crippen molar-refractivity contribution in [3.63, 3.8) is 0 Å². The number of ether oxygens (including phenoxy) is 2. The fourth-order valence-corrected chi connectivity index (χ4v) is 1.98. The van der Waals surface area contributed by atoms with Crippen molar-refractivity contribution in [1.82, 2.24) is 9.80 Å². The molecule has 0 aliphatic heterocycles. The van der Waals surface area contributed by atoms with Crippen LogP contribution in [0.3, 0.4) is 0 Å². The van der Waals surface area contributed by atoms with Crippen LogP contribution >= 0.6 is 0 Å². The van der Waals surface area contributed by atoms with E-state index in [1.807, 2.05) is 43.0 Å². The minimum atomic E-state index is -0.656. The van der Waals surface area contributed by atoms with Gasteiger partial charge in [0.15, 0.2) is 0 Å². The molecule has 1 aromatic rings. The number of aliphatic hydroxyl groups excluding tert-OH is 1. The molecule has 23 heavy (non-hydrogen) atoms. The third kappa shape index (κ3) is 7.34. The minimum Gasteiger partial charge on any atom is -0.494 e. The molecule has 0 saturated heterocycles. The number of nitrogens with zero attached hydrogens (tertiary/aromatic N) is 2. The lowest BCUT2D eigenvalue weighted by Crippen LogP contribution is -2.41. The second-order valence-electron chi connectivity index (χ2n) is 5.49. The first kappa shape index (κ1) is 19.3. The Bertz CT molecular complexity index is 462. The summed E-state index contributed by atoms with van der Waals surface area (Å²) in [7, 11) is 3.45. The molecule has 0 heterocycles. The largest absolute Gasteiger partial charge is 0.494 e. The topological polar surface area (TPSA) is 62.2 Å². The number of rotatable bonds is 10. The predicted molar refractivity (Wildman–Crippen MR) is 89.9 cm³/mol. The fraction of sp³-hybridized carbons (Fsp3) is 0.588. The van der Waals surface area contributed by atoms with Crippen LogP contribution in [0.1, 0.15) is 13.8 Å². The van der Waals surface area contributed by atoms with Crippen molar-refractivity contribution in [3.05, 3.63) is 24.3 Å². The maximum atomic E-state index is 11.7. The second kappa shape index (κ2) is 10.1. The number of carbonyl (C=O) groups is 1. The highest BCUT2D eigenvalue weighted by Crippen LogP contribution is 2.17. The summed E-state index contributed by atoms with van der Waals surface area (Å²) in [5.74, 6) is 1.49. The number of carbonyl (C=O) groups excluding carboxylic acids is 1. The van der Waals surface area contributed by atoms with Gasteiger partial charge in [0.2, 0.25) is 5.91 Å². The molecule has 0 fully saturated rings. The van der Waals surface area contributed by atoms with Crippen molar-refractivity contribution in [2.45, 2.75) is 20.0 Å². The third-order valence-corrected chi connectivity index (χ3v) is 3.35. The Morgan fingerprint density at radius 2 is 1.70 bits per heavy atom. The van der Waals surface area contributed by atoms with Gasteiger partial charge in [0.25, 0.3) is 0 Å². The van der Waals surface area contributed by atoms with Crippen LogP contribution in [-0.4, -0.2) is 73.9 Å². The van der Waals surface area contributed by atoms with Crippen molar-refractivity contribution in [2.24, 2.45) is 0 Å². The summed E-state index contributed by atoms with van der Waals surface area (Å²) in [5, 5.41) is 10.1. The summed E-state index contributed by atoms with van der Waals surface area (Å²) in [6.45, 7) is 6.08. The molecule has 1 N–H and O–H groups in total. The highest BCUT2D eigenvalue weighted by Gasteiger charge is 2.15. The Morgan fingerprint density at radius 3 is 2.17 bits per heavy atom. The van der Waals surface area contributed by atoms with Crippen LogP contribution in [0.4, 0.5) is 0 Å². The average Bonchev–Trinajstić information content (AvgIpc) is 2.53. The maximum Gasteiger partial charge on any atom is 0.236 e. The maximum absolute atomic E-state index is 11.7. The van der Waals surface area contributed by atoms with Gasteiger partial charge in [0, 0.05) is 20.6 Å². The molecule has 1 aromatic carbocycles. The smallest absolute Gasteiger partial charge is 0.236 e.